The second-order valence-corrected chi connectivity index (χ2v) is 4.38. The molecule has 1 rings (SSSR count). The number of nitrogens with zero attached hydrogens (tertiary/aromatic N) is 3. The van der Waals surface area contributed by atoms with E-state index in [2.05, 4.69) is 22.9 Å². The lowest BCUT2D eigenvalue weighted by atomic mass is 10.2. The first-order valence-electron chi connectivity index (χ1n) is 5.78. The monoisotopic (exact) mass is 210 g/mol. The number of nitriles is 1. The number of likely N-dealkylation sites (N-methyl/N-ethyl adjacent to an activating group) is 1. The van der Waals surface area contributed by atoms with Gasteiger partial charge in [0.25, 0.3) is 0 Å². The summed E-state index contributed by atoms with van der Waals surface area (Å²) in [7, 11) is 2.10. The first kappa shape index (κ1) is 12.4. The summed E-state index contributed by atoms with van der Waals surface area (Å²) < 4.78 is 0. The molecule has 1 aliphatic heterocycles. The summed E-state index contributed by atoms with van der Waals surface area (Å²) in [5.74, 6) is 0. The maximum atomic E-state index is 8.55. The predicted octanol–water partition coefficient (Wildman–Crippen LogP) is 0.255. The van der Waals surface area contributed by atoms with Crippen LogP contribution in [0.3, 0.4) is 0 Å². The minimum atomic E-state index is -0.306. The van der Waals surface area contributed by atoms with Crippen molar-refractivity contribution < 1.29 is 0 Å². The second kappa shape index (κ2) is 6.78. The van der Waals surface area contributed by atoms with Gasteiger partial charge in [-0.05, 0) is 39.4 Å². The fourth-order valence-electron chi connectivity index (χ4n) is 1.85. The third-order valence-corrected chi connectivity index (χ3v) is 2.98. The zero-order valence-electron chi connectivity index (χ0n) is 9.65. The van der Waals surface area contributed by atoms with Crippen molar-refractivity contribution in [3.63, 3.8) is 0 Å². The number of hydrogen-bond donors (Lipinski definition) is 1. The van der Waals surface area contributed by atoms with Crippen LogP contribution in [0.1, 0.15) is 19.3 Å². The van der Waals surface area contributed by atoms with Gasteiger partial charge in [-0.2, -0.15) is 5.26 Å². The van der Waals surface area contributed by atoms with E-state index in [1.54, 1.807) is 0 Å². The van der Waals surface area contributed by atoms with Gasteiger partial charge in [-0.1, -0.05) is 0 Å². The molecule has 4 nitrogen and oxygen atoms in total. The highest BCUT2D eigenvalue weighted by Crippen LogP contribution is 2.06. The van der Waals surface area contributed by atoms with Crippen molar-refractivity contribution in [3.8, 4) is 6.07 Å². The molecule has 1 fully saturated rings. The summed E-state index contributed by atoms with van der Waals surface area (Å²) in [6.45, 7) is 5.66. The first-order chi connectivity index (χ1) is 7.22. The molecule has 4 heteroatoms. The Labute approximate surface area is 92.6 Å². The Bertz CT molecular complexity index is 205. The van der Waals surface area contributed by atoms with Crippen LogP contribution in [0.5, 0.6) is 0 Å². The summed E-state index contributed by atoms with van der Waals surface area (Å²) in [4.78, 5) is 4.76. The van der Waals surface area contributed by atoms with Crippen molar-refractivity contribution in [1.29, 1.82) is 5.26 Å². The second-order valence-electron chi connectivity index (χ2n) is 4.38. The van der Waals surface area contributed by atoms with E-state index in [9.17, 15) is 0 Å². The van der Waals surface area contributed by atoms with Gasteiger partial charge in [0.05, 0.1) is 12.1 Å². The van der Waals surface area contributed by atoms with E-state index < -0.39 is 0 Å². The molecule has 1 unspecified atom stereocenters. The minimum Gasteiger partial charge on any atom is -0.316 e. The third kappa shape index (κ3) is 5.12. The SMILES string of the molecule is CN(CCC(N)C#N)CCN1CCCC1. The minimum absolute atomic E-state index is 0.306. The molecule has 0 aromatic rings. The lowest BCUT2D eigenvalue weighted by Gasteiger charge is -2.21. The standard InChI is InChI=1S/C11H22N4/c1-14(7-4-11(13)10-12)8-9-15-5-2-3-6-15/h11H,2-9,13H2,1H3. The molecule has 0 aliphatic carbocycles. The zero-order valence-corrected chi connectivity index (χ0v) is 9.65. The number of hydrogen-bond acceptors (Lipinski definition) is 4. The molecular formula is C11H22N4. The van der Waals surface area contributed by atoms with Gasteiger partial charge >= 0.3 is 0 Å². The molecule has 0 amide bonds. The lowest BCUT2D eigenvalue weighted by molar-refractivity contribution is 0.254. The van der Waals surface area contributed by atoms with E-state index >= 15 is 0 Å². The lowest BCUT2D eigenvalue weighted by Crippen LogP contribution is -2.33. The molecule has 1 aliphatic rings. The Kier molecular flexibility index (Phi) is 5.62. The average Bonchev–Trinajstić information content (AvgIpc) is 2.75. The number of rotatable bonds is 6. The van der Waals surface area contributed by atoms with Crippen LogP contribution in [0.25, 0.3) is 0 Å². The van der Waals surface area contributed by atoms with Gasteiger partial charge in [0, 0.05) is 19.6 Å². The Morgan fingerprint density at radius 2 is 2.07 bits per heavy atom. The fraction of sp³-hybridized carbons (Fsp3) is 0.909. The van der Waals surface area contributed by atoms with Gasteiger partial charge in [-0.3, -0.25) is 0 Å². The molecule has 1 atom stereocenters. The van der Waals surface area contributed by atoms with Crippen LogP contribution in [-0.4, -0.2) is 55.6 Å². The highest BCUT2D eigenvalue weighted by Gasteiger charge is 2.11. The van der Waals surface area contributed by atoms with E-state index in [-0.39, 0.29) is 6.04 Å². The Morgan fingerprint density at radius 3 is 2.67 bits per heavy atom. The van der Waals surface area contributed by atoms with Gasteiger partial charge in [0.15, 0.2) is 0 Å². The maximum absolute atomic E-state index is 8.55. The number of likely N-dealkylation sites (tertiary alicyclic amines) is 1. The van der Waals surface area contributed by atoms with Crippen LogP contribution in [0, 0.1) is 11.3 Å². The molecule has 86 valence electrons. The van der Waals surface area contributed by atoms with Crippen LogP contribution in [0.15, 0.2) is 0 Å². The van der Waals surface area contributed by atoms with E-state index in [1.807, 2.05) is 0 Å². The van der Waals surface area contributed by atoms with Gasteiger partial charge in [-0.25, -0.2) is 0 Å². The summed E-state index contributed by atoms with van der Waals surface area (Å²) >= 11 is 0. The van der Waals surface area contributed by atoms with Crippen molar-refractivity contribution in [2.45, 2.75) is 25.3 Å². The van der Waals surface area contributed by atoms with Crippen LogP contribution in [-0.2, 0) is 0 Å². The van der Waals surface area contributed by atoms with Gasteiger partial charge in [0.1, 0.15) is 0 Å². The smallest absolute Gasteiger partial charge is 0.0940 e. The molecule has 0 bridgehead atoms. The molecule has 0 aromatic heterocycles. The van der Waals surface area contributed by atoms with E-state index in [0.717, 1.165) is 26.1 Å². The summed E-state index contributed by atoms with van der Waals surface area (Å²) in [6, 6.07) is 1.75. The molecule has 2 N–H and O–H groups in total. The average molecular weight is 210 g/mol. The van der Waals surface area contributed by atoms with E-state index in [0.29, 0.717) is 0 Å². The van der Waals surface area contributed by atoms with Crippen LogP contribution < -0.4 is 5.73 Å². The molecule has 0 radical (unpaired) electrons. The van der Waals surface area contributed by atoms with E-state index in [4.69, 9.17) is 11.0 Å². The van der Waals surface area contributed by atoms with Crippen LogP contribution in [0.2, 0.25) is 0 Å². The number of nitrogens with two attached hydrogens (primary N) is 1. The molecule has 15 heavy (non-hydrogen) atoms. The fourth-order valence-corrected chi connectivity index (χ4v) is 1.85. The predicted molar refractivity (Wildman–Crippen MR) is 61.4 cm³/mol. The highest BCUT2D eigenvalue weighted by atomic mass is 15.2. The van der Waals surface area contributed by atoms with Crippen LogP contribution in [0.4, 0.5) is 0 Å². The Balaban J connectivity index is 2.02. The molecular weight excluding hydrogens is 188 g/mol. The van der Waals surface area contributed by atoms with Crippen molar-refractivity contribution in [2.24, 2.45) is 5.73 Å². The molecule has 1 heterocycles. The maximum Gasteiger partial charge on any atom is 0.0940 e. The quantitative estimate of drug-likeness (QED) is 0.683. The zero-order chi connectivity index (χ0) is 11.1. The Hall–Kier alpha value is -0.630. The largest absolute Gasteiger partial charge is 0.316 e. The van der Waals surface area contributed by atoms with Gasteiger partial charge < -0.3 is 15.5 Å². The van der Waals surface area contributed by atoms with Gasteiger partial charge in [-0.15, -0.1) is 0 Å². The van der Waals surface area contributed by atoms with Gasteiger partial charge in [0.2, 0.25) is 0 Å². The summed E-state index contributed by atoms with van der Waals surface area (Å²) in [5, 5.41) is 8.55. The van der Waals surface area contributed by atoms with Crippen molar-refractivity contribution in [1.82, 2.24) is 9.80 Å². The molecule has 1 saturated heterocycles. The highest BCUT2D eigenvalue weighted by molar-refractivity contribution is 4.86. The summed E-state index contributed by atoms with van der Waals surface area (Å²) in [6.07, 6.45) is 3.47. The third-order valence-electron chi connectivity index (χ3n) is 2.98. The topological polar surface area (TPSA) is 56.3 Å². The normalized spacial score (nSPS) is 19.3. The van der Waals surface area contributed by atoms with Crippen LogP contribution >= 0.6 is 0 Å². The molecule has 0 spiro atoms. The van der Waals surface area contributed by atoms with Crippen molar-refractivity contribution in [3.05, 3.63) is 0 Å². The van der Waals surface area contributed by atoms with E-state index in [1.165, 1.54) is 25.9 Å². The first-order valence-corrected chi connectivity index (χ1v) is 5.78. The van der Waals surface area contributed by atoms with Crippen molar-refractivity contribution in [2.75, 3.05) is 39.8 Å². The summed E-state index contributed by atoms with van der Waals surface area (Å²) in [5.41, 5.74) is 5.54. The molecule has 0 aromatic carbocycles. The van der Waals surface area contributed by atoms with Crippen molar-refractivity contribution >= 4 is 0 Å². The Morgan fingerprint density at radius 1 is 1.40 bits per heavy atom. The molecule has 0 saturated carbocycles.